The number of rotatable bonds is 12. The molecule has 6 aliphatic carbocycles. The summed E-state index contributed by atoms with van der Waals surface area (Å²) in [5.41, 5.74) is 28.3. The molecule has 34 heteroatoms. The minimum atomic E-state index is -0.807. The van der Waals surface area contributed by atoms with E-state index in [-0.39, 0.29) is 117 Å². The maximum absolute atomic E-state index is 12.9. The van der Waals surface area contributed by atoms with Gasteiger partial charge in [-0.1, -0.05) is 20.6 Å². The van der Waals surface area contributed by atoms with Gasteiger partial charge in [0.2, 0.25) is 0 Å². The second kappa shape index (κ2) is 41.0. The second-order valence-electron chi connectivity index (χ2n) is 29.8. The minimum Gasteiger partial charge on any atom is -0.462 e. The van der Waals surface area contributed by atoms with Crippen LogP contribution in [0.4, 0.5) is 4.79 Å². The molecule has 0 spiro atoms. The summed E-state index contributed by atoms with van der Waals surface area (Å²) < 4.78 is 48.1. The number of aromatic amines is 5. The summed E-state index contributed by atoms with van der Waals surface area (Å²) in [6.45, 7) is 18.6. The van der Waals surface area contributed by atoms with Crippen LogP contribution in [0.15, 0.2) is 79.4 Å². The summed E-state index contributed by atoms with van der Waals surface area (Å²) in [7, 11) is 3.77. The summed E-state index contributed by atoms with van der Waals surface area (Å²) in [6, 6.07) is 0. The number of allylic oxidation sites excluding steroid dienone is 1. The molecule has 10 aromatic rings. The van der Waals surface area contributed by atoms with Gasteiger partial charge in [-0.05, 0) is 185 Å². The minimum absolute atomic E-state index is 0. The first-order valence-corrected chi connectivity index (χ1v) is 39.1. The molecule has 10 aromatic heterocycles. The van der Waals surface area contributed by atoms with E-state index >= 15 is 0 Å². The Morgan fingerprint density at radius 1 is 0.500 bits per heavy atom. The summed E-state index contributed by atoms with van der Waals surface area (Å²) >= 11 is 0. The molecule has 2 amide bonds. The standard InChI is InChI=1S/C19H25NO6.C15H20N2O3.C14H16N2O3.C13H14N2O3.C12H13N3O2.C11H11N3O2.2Ar/c1-6-25-17(23)13-10-20(18(24)26-19(3,4)5)14-9-7-8-12(11(2)21)16(22)15(13)14;1-4-20-15(19)11-8-16-12-7-5-6-10(9-17(2)3)14(18)13(11)12;1-3-18-14(17)10-7-15-11-6-4-5-9-8(2)16-19-13(9)12(10)11;1-2-17-13(16)9-7-14-10-5-3-4-8-6-15-18-12(8)11(9)10;1-6-7-3-2-4-9-10(11(7)17-15-6)8(5-14-9)12(13)16;12-11(15)7-5-13-8-3-1-2-6-4-14-16-10(6)9(7)8;;/h10,12H,6-9H2,1-5H3;8-9,16H,4-7H2,1-3H3;7,15H,3-6H2,1-2H3;6-7,14H,2-5H2,1H3;5,14H,2-4H2,1H3,(H2,13,16);4-5,13H,1-3H2,(H2,12,15);;/b;10-9+;;;;;;. The number of hydrogen-bond donors (Lipinski definition) is 7. The molecule has 1 unspecified atom stereocenters. The molecule has 0 bridgehead atoms. The molecular weight excluding hydrogens is 1570 g/mol. The number of carbonyl (C=O) groups is 10. The fourth-order valence-electron chi connectivity index (χ4n) is 15.2. The first-order chi connectivity index (χ1) is 55.6. The summed E-state index contributed by atoms with van der Waals surface area (Å²) in [5, 5.41) is 15.6. The Hall–Kier alpha value is -10.1. The van der Waals surface area contributed by atoms with Crippen molar-refractivity contribution in [1.29, 1.82) is 0 Å². The van der Waals surface area contributed by atoms with Gasteiger partial charge in [0, 0.05) is 195 Å². The number of esters is 4. The molecule has 0 saturated heterocycles. The molecule has 0 aliphatic heterocycles. The molecule has 118 heavy (non-hydrogen) atoms. The molecule has 6 aliphatic rings. The van der Waals surface area contributed by atoms with Gasteiger partial charge in [0.15, 0.2) is 34.6 Å². The number of nitrogens with one attached hydrogen (secondary N) is 5. The van der Waals surface area contributed by atoms with Gasteiger partial charge >= 0.3 is 30.0 Å². The largest absolute Gasteiger partial charge is 0.462 e. The van der Waals surface area contributed by atoms with Crippen molar-refractivity contribution in [2.24, 2.45) is 17.4 Å². The number of aryl methyl sites for hydroxylation is 9. The van der Waals surface area contributed by atoms with Crippen LogP contribution < -0.4 is 11.5 Å². The Kier molecular flexibility index (Phi) is 31.9. The van der Waals surface area contributed by atoms with E-state index in [1.807, 2.05) is 39.0 Å². The van der Waals surface area contributed by atoms with Crippen molar-refractivity contribution in [3.63, 3.8) is 0 Å². The molecule has 1 atom stereocenters. The van der Waals surface area contributed by atoms with Crippen LogP contribution in [0.25, 0.3) is 45.3 Å². The van der Waals surface area contributed by atoms with Crippen molar-refractivity contribution in [2.45, 2.75) is 190 Å². The van der Waals surface area contributed by atoms with Gasteiger partial charge in [0.25, 0.3) is 11.8 Å². The molecule has 630 valence electrons. The van der Waals surface area contributed by atoms with E-state index in [9.17, 15) is 47.9 Å². The molecule has 0 fully saturated rings. The Balaban J connectivity index is 0.000000162. The fraction of sp³-hybridized carbons (Fsp3) is 0.429. The number of carbonyl (C=O) groups excluding carboxylic acids is 10. The van der Waals surface area contributed by atoms with Crippen molar-refractivity contribution < 1.29 is 165 Å². The molecule has 0 radical (unpaired) electrons. The SMILES string of the molecule is CCOC(=O)c1c[nH]c2c1-c1onc(C)c1CCC2.CCOC(=O)c1c[nH]c2c1-c1oncc1CCC2.CCOC(=O)c1c[nH]c2c1C(=O)/C(=C/N(C)C)CCC2.CCOC(=O)c1cn(C(=O)OC(C)(C)C)c2c1C(=O)C(C(C)=O)CCC2.Cc1noc2c1CCCc1[nH]cc(C(N)=O)c1-2.NC(=O)c1c[nH]c2c1-c1oncc1CCC2.[Ar].[Ar]. The van der Waals surface area contributed by atoms with Crippen molar-refractivity contribution in [3.8, 4) is 45.3 Å². The van der Waals surface area contributed by atoms with Crippen LogP contribution in [0.5, 0.6) is 0 Å². The Bertz CT molecular complexity index is 5360. The molecule has 0 aromatic carbocycles. The summed E-state index contributed by atoms with van der Waals surface area (Å²) in [4.78, 5) is 138. The van der Waals surface area contributed by atoms with Gasteiger partial charge in [0.1, 0.15) is 11.4 Å². The monoisotopic (exact) mass is 1670 g/mol. The van der Waals surface area contributed by atoms with Crippen LogP contribution in [0.3, 0.4) is 0 Å². The quantitative estimate of drug-likeness (QED) is 0.0196. The first kappa shape index (κ1) is 91.8. The number of nitrogens with two attached hydrogens (primary N) is 2. The number of nitrogens with zero attached hydrogens (tertiary/aromatic N) is 6. The molecular formula is C84H99Ar2N13O19. The summed E-state index contributed by atoms with van der Waals surface area (Å²) in [5.74, 6) is -1.42. The number of amides is 2. The zero-order chi connectivity index (χ0) is 83.4. The van der Waals surface area contributed by atoms with Crippen molar-refractivity contribution in [2.75, 3.05) is 40.5 Å². The van der Waals surface area contributed by atoms with Gasteiger partial charge in [-0.15, -0.1) is 0 Å². The van der Waals surface area contributed by atoms with Crippen LogP contribution in [0.1, 0.15) is 257 Å². The van der Waals surface area contributed by atoms with Crippen molar-refractivity contribution in [3.05, 3.63) is 174 Å². The van der Waals surface area contributed by atoms with Gasteiger partial charge in [-0.25, -0.2) is 24.0 Å². The van der Waals surface area contributed by atoms with E-state index < -0.39 is 47.1 Å². The number of ketones is 3. The van der Waals surface area contributed by atoms with Gasteiger partial charge in [0.05, 0.1) is 123 Å². The van der Waals surface area contributed by atoms with Crippen LogP contribution in [-0.2, 0) is 92.7 Å². The number of ether oxygens (including phenoxy) is 5. The Labute approximate surface area is 740 Å². The van der Waals surface area contributed by atoms with E-state index in [2.05, 4.69) is 45.5 Å². The first-order valence-electron chi connectivity index (χ1n) is 39.1. The summed E-state index contributed by atoms with van der Waals surface area (Å²) in [6.07, 6.45) is 29.2. The fourth-order valence-corrected chi connectivity index (χ4v) is 15.2. The predicted molar refractivity (Wildman–Crippen MR) is 421 cm³/mol. The van der Waals surface area contributed by atoms with Crippen LogP contribution in [0, 0.1) is 95.2 Å². The molecule has 0 saturated carbocycles. The normalized spacial score (nSPS) is 14.8. The third kappa shape index (κ3) is 20.6. The van der Waals surface area contributed by atoms with Crippen LogP contribution in [-0.4, -0.2) is 160 Å². The topological polar surface area (TPSA) is 460 Å². The maximum atomic E-state index is 12.9. The Morgan fingerprint density at radius 2 is 0.873 bits per heavy atom. The van der Waals surface area contributed by atoms with E-state index in [4.69, 9.17) is 53.2 Å². The van der Waals surface area contributed by atoms with Crippen molar-refractivity contribution >= 4 is 59.1 Å². The average molecular weight is 1670 g/mol. The molecule has 9 N–H and O–H groups in total. The third-order valence-electron chi connectivity index (χ3n) is 20.4. The number of fused-ring (bicyclic) bond motifs is 14. The number of aromatic nitrogens is 10. The average Bonchev–Trinajstić information content (AvgIpc) is 1.62. The van der Waals surface area contributed by atoms with E-state index in [1.54, 1.807) is 91.8 Å². The Morgan fingerprint density at radius 3 is 1.28 bits per heavy atom. The number of primary amides is 2. The smallest absolute Gasteiger partial charge is 0.418 e. The number of Topliss-reactive ketones (excluding diaryl/α,β-unsaturated/α-hetero) is 3. The predicted octanol–water partition coefficient (Wildman–Crippen LogP) is 13.1. The second-order valence-corrected chi connectivity index (χ2v) is 29.8. The number of H-pyrrole nitrogens is 5. The van der Waals surface area contributed by atoms with Crippen LogP contribution >= 0.6 is 0 Å². The van der Waals surface area contributed by atoms with Gasteiger partial charge in [-0.3, -0.25) is 28.5 Å². The third-order valence-corrected chi connectivity index (χ3v) is 20.4. The van der Waals surface area contributed by atoms with Gasteiger partial charge < -0.3 is 83.1 Å². The zero-order valence-corrected chi connectivity index (χ0v) is 69.5. The molecule has 16 rings (SSSR count). The van der Waals surface area contributed by atoms with Gasteiger partial charge in [-0.2, -0.15) is 0 Å². The van der Waals surface area contributed by atoms with Crippen molar-refractivity contribution in [1.82, 2.24) is 55.0 Å². The van der Waals surface area contributed by atoms with Crippen LogP contribution in [0.2, 0.25) is 0 Å². The zero-order valence-electron chi connectivity index (χ0n) is 68.1. The molecule has 10 heterocycles. The molecule has 32 nitrogen and oxygen atoms in total. The maximum Gasteiger partial charge on any atom is 0.418 e. The van der Waals surface area contributed by atoms with E-state index in [0.29, 0.717) is 101 Å². The van der Waals surface area contributed by atoms with E-state index in [1.165, 1.54) is 17.7 Å². The van der Waals surface area contributed by atoms with E-state index in [0.717, 1.165) is 186 Å². The number of hydrogen-bond acceptors (Lipinski definition) is 24.